The average molecular weight is 542 g/mol. The summed E-state index contributed by atoms with van der Waals surface area (Å²) in [4.78, 5) is 21.3. The number of likely N-dealkylation sites (tertiary alicyclic amines) is 2. The Labute approximate surface area is 205 Å². The van der Waals surface area contributed by atoms with Crippen LogP contribution in [0.25, 0.3) is 0 Å². The maximum absolute atomic E-state index is 12.3. The minimum Gasteiger partial charge on any atom is -0.354 e. The minimum atomic E-state index is 0. The molecule has 7 heteroatoms. The van der Waals surface area contributed by atoms with Crippen molar-refractivity contribution in [3.63, 3.8) is 0 Å². The lowest BCUT2D eigenvalue weighted by molar-refractivity contribution is -0.133. The molecule has 3 rings (SSSR count). The molecule has 0 spiro atoms. The number of rotatable bonds is 6. The molecule has 2 aliphatic rings. The highest BCUT2D eigenvalue weighted by atomic mass is 127. The zero-order valence-electron chi connectivity index (χ0n) is 19.5. The minimum absolute atomic E-state index is 0. The molecule has 174 valence electrons. The van der Waals surface area contributed by atoms with E-state index in [4.69, 9.17) is 0 Å². The quantitative estimate of drug-likeness (QED) is 0.329. The molecular weight excluding hydrogens is 501 g/mol. The Morgan fingerprint density at radius 3 is 2.42 bits per heavy atom. The van der Waals surface area contributed by atoms with Crippen LogP contribution in [0.3, 0.4) is 0 Å². The summed E-state index contributed by atoms with van der Waals surface area (Å²) in [5.41, 5.74) is 1.35. The van der Waals surface area contributed by atoms with Crippen LogP contribution in [0.1, 0.15) is 51.6 Å². The number of guanidine groups is 1. The lowest BCUT2D eigenvalue weighted by Crippen LogP contribution is -2.48. The maximum atomic E-state index is 12.3. The molecule has 0 aliphatic carbocycles. The van der Waals surface area contributed by atoms with Crippen molar-refractivity contribution in [1.82, 2.24) is 20.4 Å². The molecule has 0 radical (unpaired) electrons. The molecular formula is C24H40IN5O. The third-order valence-electron chi connectivity index (χ3n) is 6.46. The number of amides is 1. The number of hydrogen-bond donors (Lipinski definition) is 2. The molecule has 0 aromatic heterocycles. The van der Waals surface area contributed by atoms with Crippen molar-refractivity contribution in [2.45, 2.75) is 52.1 Å². The molecule has 2 unspecified atom stereocenters. The van der Waals surface area contributed by atoms with E-state index < -0.39 is 0 Å². The van der Waals surface area contributed by atoms with E-state index in [2.05, 4.69) is 57.8 Å². The summed E-state index contributed by atoms with van der Waals surface area (Å²) in [6, 6.07) is 11.4. The van der Waals surface area contributed by atoms with Gasteiger partial charge in [-0.15, -0.1) is 24.0 Å². The fourth-order valence-corrected chi connectivity index (χ4v) is 4.50. The predicted molar refractivity (Wildman–Crippen MR) is 139 cm³/mol. The summed E-state index contributed by atoms with van der Waals surface area (Å²) in [6.07, 6.45) is 3.49. The first-order valence-corrected chi connectivity index (χ1v) is 11.5. The molecule has 1 aromatic carbocycles. The Kier molecular flexibility index (Phi) is 10.6. The highest BCUT2D eigenvalue weighted by Gasteiger charge is 2.29. The summed E-state index contributed by atoms with van der Waals surface area (Å²) in [5.74, 6) is 1.94. The van der Waals surface area contributed by atoms with Gasteiger partial charge in [0.05, 0.1) is 6.04 Å². The Hall–Kier alpha value is -1.35. The molecule has 2 saturated heterocycles. The molecule has 6 nitrogen and oxygen atoms in total. The van der Waals surface area contributed by atoms with Gasteiger partial charge >= 0.3 is 0 Å². The van der Waals surface area contributed by atoms with Crippen LogP contribution >= 0.6 is 24.0 Å². The van der Waals surface area contributed by atoms with E-state index in [0.29, 0.717) is 6.04 Å². The number of benzene rings is 1. The monoisotopic (exact) mass is 541 g/mol. The van der Waals surface area contributed by atoms with Crippen LogP contribution in [0.5, 0.6) is 0 Å². The highest BCUT2D eigenvalue weighted by Crippen LogP contribution is 2.26. The number of nitrogens with zero attached hydrogens (tertiary/aromatic N) is 3. The normalized spacial score (nSPS) is 21.6. The van der Waals surface area contributed by atoms with Crippen molar-refractivity contribution in [3.8, 4) is 0 Å². The van der Waals surface area contributed by atoms with Gasteiger partial charge in [0.15, 0.2) is 5.96 Å². The van der Waals surface area contributed by atoms with E-state index in [9.17, 15) is 4.79 Å². The smallest absolute Gasteiger partial charge is 0.225 e. The van der Waals surface area contributed by atoms with E-state index in [1.54, 1.807) is 0 Å². The van der Waals surface area contributed by atoms with Crippen LogP contribution in [0, 0.1) is 11.8 Å². The van der Waals surface area contributed by atoms with Gasteiger partial charge in [0.25, 0.3) is 0 Å². The van der Waals surface area contributed by atoms with Crippen LogP contribution in [-0.2, 0) is 4.79 Å². The second-order valence-electron chi connectivity index (χ2n) is 9.17. The van der Waals surface area contributed by atoms with Gasteiger partial charge in [0.2, 0.25) is 5.91 Å². The summed E-state index contributed by atoms with van der Waals surface area (Å²) in [5, 5.41) is 7.10. The van der Waals surface area contributed by atoms with E-state index in [-0.39, 0.29) is 41.8 Å². The Morgan fingerprint density at radius 1 is 1.13 bits per heavy atom. The van der Waals surface area contributed by atoms with Crippen molar-refractivity contribution < 1.29 is 4.79 Å². The van der Waals surface area contributed by atoms with Gasteiger partial charge in [-0.3, -0.25) is 14.7 Å². The van der Waals surface area contributed by atoms with Crippen molar-refractivity contribution >= 4 is 35.8 Å². The van der Waals surface area contributed by atoms with Crippen molar-refractivity contribution in [1.29, 1.82) is 0 Å². The van der Waals surface area contributed by atoms with Gasteiger partial charge in [-0.25, -0.2) is 0 Å². The van der Waals surface area contributed by atoms with Crippen molar-refractivity contribution in [2.75, 3.05) is 39.8 Å². The van der Waals surface area contributed by atoms with Gasteiger partial charge in [-0.2, -0.15) is 0 Å². The Morgan fingerprint density at radius 2 is 1.81 bits per heavy atom. The fraction of sp³-hybridized carbons (Fsp3) is 0.667. The van der Waals surface area contributed by atoms with Crippen LogP contribution in [-0.4, -0.2) is 67.5 Å². The number of hydrogen-bond acceptors (Lipinski definition) is 3. The third-order valence-corrected chi connectivity index (χ3v) is 6.46. The number of carbonyl (C=O) groups is 1. The molecule has 2 atom stereocenters. The first-order chi connectivity index (χ1) is 14.5. The third kappa shape index (κ3) is 7.34. The largest absolute Gasteiger partial charge is 0.354 e. The molecule has 0 saturated carbocycles. The lowest BCUT2D eigenvalue weighted by atomic mass is 9.95. The second-order valence-corrected chi connectivity index (χ2v) is 9.17. The number of halogens is 1. The van der Waals surface area contributed by atoms with Gasteiger partial charge < -0.3 is 15.5 Å². The van der Waals surface area contributed by atoms with Gasteiger partial charge in [-0.1, -0.05) is 51.1 Å². The standard InChI is InChI=1S/C24H39N5O.HI/c1-18(2)23(30)29-15-12-21(17-29)27-24(25-4)26-16-22(20-8-6-5-7-9-20)28-13-10-19(3)11-14-28;/h5-9,18-19,21-22H,10-17H2,1-4H3,(H2,25,26,27);1H. The summed E-state index contributed by atoms with van der Waals surface area (Å²) in [7, 11) is 1.82. The molecule has 2 fully saturated rings. The number of carbonyl (C=O) groups excluding carboxylic acids is 1. The predicted octanol–water partition coefficient (Wildman–Crippen LogP) is 3.50. The van der Waals surface area contributed by atoms with Crippen LogP contribution in [0.15, 0.2) is 35.3 Å². The number of aliphatic imine (C=N–C) groups is 1. The first kappa shape index (κ1) is 25.9. The SMILES string of the molecule is CN=C(NCC(c1ccccc1)N1CCC(C)CC1)NC1CCN(C(=O)C(C)C)C1.I. The topological polar surface area (TPSA) is 60.0 Å². The van der Waals surface area contributed by atoms with Gasteiger partial charge in [-0.05, 0) is 43.8 Å². The molecule has 1 aromatic rings. The summed E-state index contributed by atoms with van der Waals surface area (Å²) >= 11 is 0. The molecule has 31 heavy (non-hydrogen) atoms. The zero-order chi connectivity index (χ0) is 21.5. The average Bonchev–Trinajstić information content (AvgIpc) is 3.22. The highest BCUT2D eigenvalue weighted by molar-refractivity contribution is 14.0. The summed E-state index contributed by atoms with van der Waals surface area (Å²) < 4.78 is 0. The maximum Gasteiger partial charge on any atom is 0.225 e. The zero-order valence-corrected chi connectivity index (χ0v) is 21.8. The van der Waals surface area contributed by atoms with Crippen LogP contribution in [0.4, 0.5) is 0 Å². The molecule has 2 heterocycles. The van der Waals surface area contributed by atoms with Crippen LogP contribution in [0.2, 0.25) is 0 Å². The second kappa shape index (κ2) is 12.6. The van der Waals surface area contributed by atoms with E-state index >= 15 is 0 Å². The van der Waals surface area contributed by atoms with Gasteiger partial charge in [0, 0.05) is 38.6 Å². The number of nitrogens with one attached hydrogen (secondary N) is 2. The molecule has 2 aliphatic heterocycles. The fourth-order valence-electron chi connectivity index (χ4n) is 4.50. The first-order valence-electron chi connectivity index (χ1n) is 11.5. The van der Waals surface area contributed by atoms with Crippen molar-refractivity contribution in [3.05, 3.63) is 35.9 Å². The van der Waals surface area contributed by atoms with Gasteiger partial charge in [0.1, 0.15) is 0 Å². The summed E-state index contributed by atoms with van der Waals surface area (Å²) in [6.45, 7) is 11.0. The molecule has 2 N–H and O–H groups in total. The van der Waals surface area contributed by atoms with E-state index in [1.165, 1.54) is 18.4 Å². The lowest BCUT2D eigenvalue weighted by Gasteiger charge is -2.37. The Balaban J connectivity index is 0.00000341. The van der Waals surface area contributed by atoms with Crippen molar-refractivity contribution in [2.24, 2.45) is 16.8 Å². The molecule has 1 amide bonds. The number of piperidine rings is 1. The molecule has 0 bridgehead atoms. The van der Waals surface area contributed by atoms with E-state index in [1.807, 2.05) is 25.8 Å². The van der Waals surface area contributed by atoms with Crippen LogP contribution < -0.4 is 10.6 Å². The Bertz CT molecular complexity index is 703. The van der Waals surface area contributed by atoms with E-state index in [0.717, 1.165) is 51.0 Å².